The fourth-order valence-electron chi connectivity index (χ4n) is 1.70. The van der Waals surface area contributed by atoms with Crippen LogP contribution in [0, 0.1) is 0 Å². The van der Waals surface area contributed by atoms with E-state index in [2.05, 4.69) is 4.74 Å². The molecule has 0 saturated carbocycles. The van der Waals surface area contributed by atoms with Gasteiger partial charge in [0.2, 0.25) is 0 Å². The van der Waals surface area contributed by atoms with Crippen LogP contribution in [0.5, 0.6) is 0 Å². The molecule has 102 valence electrons. The van der Waals surface area contributed by atoms with E-state index in [4.69, 9.17) is 23.2 Å². The number of rotatable bonds is 11. The Bertz CT molecular complexity index is 186. The van der Waals surface area contributed by atoms with Crippen LogP contribution in [0.3, 0.4) is 0 Å². The first-order chi connectivity index (χ1) is 8.20. The van der Waals surface area contributed by atoms with Crippen molar-refractivity contribution in [3.8, 4) is 0 Å². The van der Waals surface area contributed by atoms with Crippen LogP contribution in [0.25, 0.3) is 0 Å². The summed E-state index contributed by atoms with van der Waals surface area (Å²) in [6.07, 6.45) is 9.17. The molecule has 0 spiro atoms. The van der Waals surface area contributed by atoms with Crippen LogP contribution in [0.15, 0.2) is 0 Å². The molecule has 0 aromatic heterocycles. The molecule has 17 heavy (non-hydrogen) atoms. The zero-order valence-electron chi connectivity index (χ0n) is 10.7. The second-order valence-corrected chi connectivity index (χ2v) is 5.31. The minimum Gasteiger partial charge on any atom is -0.469 e. The van der Waals surface area contributed by atoms with E-state index < -0.39 is 0 Å². The summed E-state index contributed by atoms with van der Waals surface area (Å²) >= 11 is 11.8. The molecular formula is C13H24Cl2O2. The second-order valence-electron chi connectivity index (χ2n) is 4.31. The quantitative estimate of drug-likeness (QED) is 0.316. The number of esters is 1. The van der Waals surface area contributed by atoms with Gasteiger partial charge in [0.05, 0.1) is 7.11 Å². The number of methoxy groups -OCH3 is 1. The second kappa shape index (κ2) is 12.5. The maximum atomic E-state index is 10.9. The van der Waals surface area contributed by atoms with Gasteiger partial charge in [0.25, 0.3) is 0 Å². The van der Waals surface area contributed by atoms with Gasteiger partial charge in [0.15, 0.2) is 0 Å². The van der Waals surface area contributed by atoms with Crippen molar-refractivity contribution in [2.45, 2.75) is 63.2 Å². The van der Waals surface area contributed by atoms with E-state index in [9.17, 15) is 4.79 Å². The fraction of sp³-hybridized carbons (Fsp3) is 0.923. The van der Waals surface area contributed by atoms with E-state index >= 15 is 0 Å². The smallest absolute Gasteiger partial charge is 0.305 e. The monoisotopic (exact) mass is 282 g/mol. The van der Waals surface area contributed by atoms with E-state index in [1.54, 1.807) is 0 Å². The van der Waals surface area contributed by atoms with E-state index in [0.29, 0.717) is 6.42 Å². The Kier molecular flexibility index (Phi) is 12.5. The molecule has 0 saturated heterocycles. The van der Waals surface area contributed by atoms with Crippen LogP contribution in [0.4, 0.5) is 0 Å². The lowest BCUT2D eigenvalue weighted by Gasteiger charge is -2.08. The Balaban J connectivity index is 3.23. The number of hydrogen-bond donors (Lipinski definition) is 0. The Labute approximate surface area is 115 Å². The highest BCUT2D eigenvalue weighted by Crippen LogP contribution is 2.16. The van der Waals surface area contributed by atoms with E-state index in [-0.39, 0.29) is 11.3 Å². The molecule has 0 aromatic carbocycles. The molecule has 0 bridgehead atoms. The molecule has 0 amide bonds. The maximum Gasteiger partial charge on any atom is 0.305 e. The lowest BCUT2D eigenvalue weighted by Crippen LogP contribution is -2.02. The zero-order chi connectivity index (χ0) is 12.9. The first-order valence-electron chi connectivity index (χ1n) is 6.47. The molecule has 0 heterocycles. The van der Waals surface area contributed by atoms with Crippen LogP contribution >= 0.6 is 23.2 Å². The van der Waals surface area contributed by atoms with Crippen molar-refractivity contribution in [3.63, 3.8) is 0 Å². The minimum absolute atomic E-state index is 0.128. The molecule has 4 heteroatoms. The van der Waals surface area contributed by atoms with Crippen molar-refractivity contribution in [2.75, 3.05) is 13.0 Å². The molecule has 0 aliphatic rings. The number of hydrogen-bond acceptors (Lipinski definition) is 2. The van der Waals surface area contributed by atoms with Crippen molar-refractivity contribution in [1.82, 2.24) is 0 Å². The summed E-state index contributed by atoms with van der Waals surface area (Å²) in [5.41, 5.74) is 0. The lowest BCUT2D eigenvalue weighted by molar-refractivity contribution is -0.140. The van der Waals surface area contributed by atoms with Gasteiger partial charge in [0.1, 0.15) is 0 Å². The number of carbonyl (C=O) groups is 1. The summed E-state index contributed by atoms with van der Waals surface area (Å²) in [5, 5.41) is 0.253. The van der Waals surface area contributed by atoms with Crippen LogP contribution < -0.4 is 0 Å². The molecule has 2 nitrogen and oxygen atoms in total. The predicted octanol–water partition coefficient (Wildman–Crippen LogP) is 4.52. The SMILES string of the molecule is COC(=O)CCCCC(Cl)CCCCCCCl. The average molecular weight is 283 g/mol. The number of alkyl halides is 2. The fourth-order valence-corrected chi connectivity index (χ4v) is 2.19. The van der Waals surface area contributed by atoms with Crippen molar-refractivity contribution < 1.29 is 9.53 Å². The van der Waals surface area contributed by atoms with Gasteiger partial charge in [-0.1, -0.05) is 25.7 Å². The van der Waals surface area contributed by atoms with Gasteiger partial charge in [-0.3, -0.25) is 4.79 Å². The van der Waals surface area contributed by atoms with E-state index in [1.807, 2.05) is 0 Å². The minimum atomic E-state index is -0.128. The van der Waals surface area contributed by atoms with Gasteiger partial charge in [-0.2, -0.15) is 0 Å². The summed E-state index contributed by atoms with van der Waals surface area (Å²) in [6, 6.07) is 0. The van der Waals surface area contributed by atoms with Gasteiger partial charge >= 0.3 is 5.97 Å². The standard InChI is InChI=1S/C13H24Cl2O2/c1-17-13(16)10-6-5-9-12(15)8-4-2-3-7-11-14/h12H,2-11H2,1H3. The predicted molar refractivity (Wildman–Crippen MR) is 73.9 cm³/mol. The number of carbonyl (C=O) groups excluding carboxylic acids is 1. The van der Waals surface area contributed by atoms with Crippen molar-refractivity contribution in [1.29, 1.82) is 0 Å². The topological polar surface area (TPSA) is 26.3 Å². The molecule has 1 unspecified atom stereocenters. The molecule has 0 aliphatic heterocycles. The molecule has 0 aromatic rings. The van der Waals surface area contributed by atoms with Crippen LogP contribution in [0.1, 0.15) is 57.8 Å². The molecule has 0 rings (SSSR count). The number of halogens is 2. The van der Waals surface area contributed by atoms with Crippen molar-refractivity contribution >= 4 is 29.2 Å². The van der Waals surface area contributed by atoms with E-state index in [0.717, 1.165) is 38.0 Å². The Hall–Kier alpha value is 0.0500. The third kappa shape index (κ3) is 12.3. The van der Waals surface area contributed by atoms with Gasteiger partial charge < -0.3 is 4.74 Å². The first kappa shape index (κ1) is 17.1. The number of unbranched alkanes of at least 4 members (excludes halogenated alkanes) is 4. The van der Waals surface area contributed by atoms with Gasteiger partial charge in [-0.25, -0.2) is 0 Å². The summed E-state index contributed by atoms with van der Waals surface area (Å²) in [4.78, 5) is 10.9. The molecule has 1 atom stereocenters. The number of ether oxygens (including phenoxy) is 1. The highest BCUT2D eigenvalue weighted by molar-refractivity contribution is 6.20. The Morgan fingerprint density at radius 2 is 1.65 bits per heavy atom. The Morgan fingerprint density at radius 1 is 1.06 bits per heavy atom. The molecule has 0 radical (unpaired) electrons. The maximum absolute atomic E-state index is 10.9. The van der Waals surface area contributed by atoms with Crippen LogP contribution in [0.2, 0.25) is 0 Å². The summed E-state index contributed by atoms with van der Waals surface area (Å²) < 4.78 is 4.58. The van der Waals surface area contributed by atoms with Gasteiger partial charge in [0, 0.05) is 17.7 Å². The van der Waals surface area contributed by atoms with Gasteiger partial charge in [-0.15, -0.1) is 23.2 Å². The summed E-state index contributed by atoms with van der Waals surface area (Å²) in [6.45, 7) is 0. The Morgan fingerprint density at radius 3 is 2.24 bits per heavy atom. The third-order valence-electron chi connectivity index (χ3n) is 2.78. The third-order valence-corrected chi connectivity index (χ3v) is 3.48. The van der Waals surface area contributed by atoms with Gasteiger partial charge in [-0.05, 0) is 25.7 Å². The van der Waals surface area contributed by atoms with Crippen LogP contribution in [-0.2, 0) is 9.53 Å². The highest BCUT2D eigenvalue weighted by Gasteiger charge is 2.05. The largest absolute Gasteiger partial charge is 0.469 e. The highest BCUT2D eigenvalue weighted by atomic mass is 35.5. The molecule has 0 aliphatic carbocycles. The molecule has 0 N–H and O–H groups in total. The zero-order valence-corrected chi connectivity index (χ0v) is 12.2. The van der Waals surface area contributed by atoms with Crippen molar-refractivity contribution in [3.05, 3.63) is 0 Å². The molecular weight excluding hydrogens is 259 g/mol. The first-order valence-corrected chi connectivity index (χ1v) is 7.44. The van der Waals surface area contributed by atoms with Crippen molar-refractivity contribution in [2.24, 2.45) is 0 Å². The summed E-state index contributed by atoms with van der Waals surface area (Å²) in [5.74, 6) is 0.634. The lowest BCUT2D eigenvalue weighted by atomic mass is 10.1. The summed E-state index contributed by atoms with van der Waals surface area (Å²) in [7, 11) is 1.42. The van der Waals surface area contributed by atoms with E-state index in [1.165, 1.54) is 26.4 Å². The van der Waals surface area contributed by atoms with Crippen LogP contribution in [-0.4, -0.2) is 24.3 Å². The normalized spacial score (nSPS) is 12.4. The average Bonchev–Trinajstić information content (AvgIpc) is 2.34. The molecule has 0 fully saturated rings.